The summed E-state index contributed by atoms with van der Waals surface area (Å²) in [6.45, 7) is 0. The van der Waals surface area contributed by atoms with E-state index in [0.29, 0.717) is 5.69 Å². The summed E-state index contributed by atoms with van der Waals surface area (Å²) in [6, 6.07) is 4.01. The first-order valence-electron chi connectivity index (χ1n) is 5.02. The molecule has 1 heterocycles. The van der Waals surface area contributed by atoms with Gasteiger partial charge in [-0.1, -0.05) is 0 Å². The van der Waals surface area contributed by atoms with Crippen LogP contribution in [-0.2, 0) is 4.74 Å². The molecule has 5 nitrogen and oxygen atoms in total. The van der Waals surface area contributed by atoms with E-state index in [1.807, 2.05) is 0 Å². The Labute approximate surface area is 105 Å². The predicted molar refractivity (Wildman–Crippen MR) is 58.4 cm³/mol. The summed E-state index contributed by atoms with van der Waals surface area (Å²) in [5.41, 5.74) is 6.01. The first-order valence-corrected chi connectivity index (χ1v) is 5.02. The van der Waals surface area contributed by atoms with Gasteiger partial charge < -0.3 is 20.3 Å². The van der Waals surface area contributed by atoms with Gasteiger partial charge in [0.2, 0.25) is 0 Å². The van der Waals surface area contributed by atoms with Crippen molar-refractivity contribution >= 4 is 17.9 Å². The summed E-state index contributed by atoms with van der Waals surface area (Å²) in [7, 11) is 0. The van der Waals surface area contributed by atoms with Crippen molar-refractivity contribution in [1.82, 2.24) is 0 Å². The van der Waals surface area contributed by atoms with Crippen LogP contribution in [0.15, 0.2) is 24.0 Å². The molecule has 0 spiro atoms. The van der Waals surface area contributed by atoms with Crippen LogP contribution in [0, 0.1) is 0 Å². The Morgan fingerprint density at radius 3 is 2.68 bits per heavy atom. The lowest BCUT2D eigenvalue weighted by Crippen LogP contribution is -2.39. The first kappa shape index (κ1) is 13.1. The third-order valence-electron chi connectivity index (χ3n) is 2.34. The number of ether oxygens (including phenoxy) is 2. The molecule has 0 saturated heterocycles. The molecule has 0 aliphatic carbocycles. The maximum absolute atomic E-state index is 12.8. The molecular formula is C11H8F3NO4. The van der Waals surface area contributed by atoms with Crippen LogP contribution in [-0.4, -0.2) is 23.5 Å². The standard InChI is InChI=1S/C11H8F3NO4/c12-11(13,14)9-8(19-10(16)17)4-5-3-6(15)1-2-7(5)18-9/h1-4,9H,15H2,(H,16,17). The molecule has 19 heavy (non-hydrogen) atoms. The van der Waals surface area contributed by atoms with Gasteiger partial charge in [-0.2, -0.15) is 13.2 Å². The molecule has 1 aliphatic rings. The zero-order chi connectivity index (χ0) is 14.2. The summed E-state index contributed by atoms with van der Waals surface area (Å²) in [5.74, 6) is -0.896. The van der Waals surface area contributed by atoms with Gasteiger partial charge in [-0.15, -0.1) is 0 Å². The van der Waals surface area contributed by atoms with Crippen LogP contribution in [0.4, 0.5) is 23.7 Å². The summed E-state index contributed by atoms with van der Waals surface area (Å²) in [6.07, 6.45) is -8.15. The number of alkyl halides is 3. The van der Waals surface area contributed by atoms with Crippen molar-refractivity contribution in [1.29, 1.82) is 0 Å². The van der Waals surface area contributed by atoms with Gasteiger partial charge >= 0.3 is 12.3 Å². The lowest BCUT2D eigenvalue weighted by atomic mass is 10.1. The normalized spacial score (nSPS) is 18.1. The van der Waals surface area contributed by atoms with E-state index in [1.165, 1.54) is 18.2 Å². The predicted octanol–water partition coefficient (Wildman–Crippen LogP) is 2.63. The molecule has 0 fully saturated rings. The van der Waals surface area contributed by atoms with E-state index in [2.05, 4.69) is 4.74 Å². The second kappa shape index (κ2) is 4.38. The minimum atomic E-state index is -4.79. The average Bonchev–Trinajstić information content (AvgIpc) is 2.25. The molecule has 1 aliphatic heterocycles. The van der Waals surface area contributed by atoms with E-state index in [1.54, 1.807) is 0 Å². The highest BCUT2D eigenvalue weighted by Gasteiger charge is 2.48. The Balaban J connectivity index is 2.46. The number of carboxylic acid groups (broad SMARTS) is 1. The Morgan fingerprint density at radius 1 is 1.42 bits per heavy atom. The van der Waals surface area contributed by atoms with Gasteiger partial charge in [0, 0.05) is 11.3 Å². The number of hydrogen-bond donors (Lipinski definition) is 2. The van der Waals surface area contributed by atoms with Gasteiger partial charge in [0.15, 0.2) is 5.76 Å². The zero-order valence-corrected chi connectivity index (χ0v) is 9.27. The Kier molecular flexibility index (Phi) is 3.01. The van der Waals surface area contributed by atoms with Crippen LogP contribution in [0.5, 0.6) is 5.75 Å². The number of nitrogen functional groups attached to an aromatic ring is 1. The van der Waals surface area contributed by atoms with Gasteiger partial charge in [-0.25, -0.2) is 4.79 Å². The van der Waals surface area contributed by atoms with Crippen molar-refractivity contribution in [3.05, 3.63) is 29.5 Å². The number of benzene rings is 1. The van der Waals surface area contributed by atoms with Crippen molar-refractivity contribution in [2.24, 2.45) is 0 Å². The van der Waals surface area contributed by atoms with Gasteiger partial charge in [0.05, 0.1) is 0 Å². The Hall–Kier alpha value is -2.38. The van der Waals surface area contributed by atoms with Crippen molar-refractivity contribution in [2.75, 3.05) is 5.73 Å². The Bertz CT molecular complexity index is 553. The smallest absolute Gasteiger partial charge is 0.472 e. The number of anilines is 1. The van der Waals surface area contributed by atoms with E-state index in [4.69, 9.17) is 15.6 Å². The number of fused-ring (bicyclic) bond motifs is 1. The molecule has 0 radical (unpaired) electrons. The second-order valence-electron chi connectivity index (χ2n) is 3.75. The lowest BCUT2D eigenvalue weighted by Gasteiger charge is -2.27. The maximum atomic E-state index is 12.8. The fraction of sp³-hybridized carbons (Fsp3) is 0.182. The van der Waals surface area contributed by atoms with E-state index >= 15 is 0 Å². The van der Waals surface area contributed by atoms with Gasteiger partial charge in [0.1, 0.15) is 5.75 Å². The van der Waals surface area contributed by atoms with Crippen LogP contribution < -0.4 is 10.5 Å². The molecule has 1 aromatic rings. The molecule has 1 aromatic carbocycles. The zero-order valence-electron chi connectivity index (χ0n) is 9.27. The van der Waals surface area contributed by atoms with E-state index < -0.39 is 24.2 Å². The molecule has 2 rings (SSSR count). The quantitative estimate of drug-likeness (QED) is 0.608. The van der Waals surface area contributed by atoms with Crippen LogP contribution in [0.3, 0.4) is 0 Å². The molecule has 0 amide bonds. The highest BCUT2D eigenvalue weighted by Crippen LogP contribution is 2.38. The molecule has 102 valence electrons. The maximum Gasteiger partial charge on any atom is 0.511 e. The lowest BCUT2D eigenvalue weighted by molar-refractivity contribution is -0.191. The Morgan fingerprint density at radius 2 is 2.11 bits per heavy atom. The van der Waals surface area contributed by atoms with Crippen LogP contribution in [0.25, 0.3) is 6.08 Å². The average molecular weight is 275 g/mol. The topological polar surface area (TPSA) is 81.8 Å². The van der Waals surface area contributed by atoms with Crippen molar-refractivity contribution in [3.8, 4) is 5.75 Å². The third kappa shape index (κ3) is 2.72. The van der Waals surface area contributed by atoms with Crippen molar-refractivity contribution in [3.63, 3.8) is 0 Å². The molecular weight excluding hydrogens is 267 g/mol. The van der Waals surface area contributed by atoms with Crippen LogP contribution >= 0.6 is 0 Å². The number of rotatable bonds is 1. The number of nitrogens with two attached hydrogens (primary N) is 1. The fourth-order valence-corrected chi connectivity index (χ4v) is 1.61. The minimum absolute atomic E-state index is 0.0470. The second-order valence-corrected chi connectivity index (χ2v) is 3.75. The molecule has 1 atom stereocenters. The highest BCUT2D eigenvalue weighted by molar-refractivity contribution is 5.69. The highest BCUT2D eigenvalue weighted by atomic mass is 19.4. The molecule has 0 bridgehead atoms. The molecule has 8 heteroatoms. The molecule has 0 aromatic heterocycles. The summed E-state index contributed by atoms with van der Waals surface area (Å²) in [4.78, 5) is 10.4. The van der Waals surface area contributed by atoms with Gasteiger partial charge in [0.25, 0.3) is 6.10 Å². The van der Waals surface area contributed by atoms with E-state index in [9.17, 15) is 18.0 Å². The van der Waals surface area contributed by atoms with Crippen LogP contribution in [0.1, 0.15) is 5.56 Å². The van der Waals surface area contributed by atoms with E-state index in [-0.39, 0.29) is 11.3 Å². The number of halogens is 3. The molecule has 3 N–H and O–H groups in total. The molecule has 0 saturated carbocycles. The van der Waals surface area contributed by atoms with Gasteiger partial charge in [-0.05, 0) is 24.3 Å². The monoisotopic (exact) mass is 275 g/mol. The third-order valence-corrected chi connectivity index (χ3v) is 2.34. The van der Waals surface area contributed by atoms with Crippen LogP contribution in [0.2, 0.25) is 0 Å². The number of hydrogen-bond acceptors (Lipinski definition) is 4. The van der Waals surface area contributed by atoms with Crippen molar-refractivity contribution in [2.45, 2.75) is 12.3 Å². The SMILES string of the molecule is Nc1ccc2c(c1)C=C(OC(=O)O)C(C(F)(F)F)O2. The summed E-state index contributed by atoms with van der Waals surface area (Å²) >= 11 is 0. The first-order chi connectivity index (χ1) is 8.77. The largest absolute Gasteiger partial charge is 0.511 e. The number of carbonyl (C=O) groups is 1. The molecule has 1 unspecified atom stereocenters. The summed E-state index contributed by atoms with van der Waals surface area (Å²) in [5, 5.41) is 8.44. The van der Waals surface area contributed by atoms with E-state index in [0.717, 1.165) is 6.08 Å². The summed E-state index contributed by atoms with van der Waals surface area (Å²) < 4.78 is 47.1. The fourth-order valence-electron chi connectivity index (χ4n) is 1.61. The minimum Gasteiger partial charge on any atom is -0.472 e. The van der Waals surface area contributed by atoms with Crippen molar-refractivity contribution < 1.29 is 32.5 Å². The van der Waals surface area contributed by atoms with Gasteiger partial charge in [-0.3, -0.25) is 0 Å².